The van der Waals surface area contributed by atoms with Crippen molar-refractivity contribution in [3.05, 3.63) is 129 Å². The molecule has 0 heterocycles. The zero-order valence-electron chi connectivity index (χ0n) is 31.7. The fourth-order valence-electron chi connectivity index (χ4n) is 6.52. The van der Waals surface area contributed by atoms with E-state index in [0.29, 0.717) is 11.8 Å². The van der Waals surface area contributed by atoms with Crippen molar-refractivity contribution in [1.82, 2.24) is 0 Å². The van der Waals surface area contributed by atoms with Crippen LogP contribution in [0.1, 0.15) is 96.9 Å². The molecule has 6 aromatic carbocycles. The SMILES string of the molecule is CCC(C)c1cc2c(-c3ccc(C)c(C)c3C)cccc2[cH-]1.CCC(C)c1cc2c(-c3ccc(C)c(C)c3C)cccc2[cH-]1.C[Si]C.[Zr+2]. The maximum Gasteiger partial charge on any atom is 2.00 e. The molecular formula is C46H56SiZr. The maximum atomic E-state index is 2.40. The molecule has 0 saturated heterocycles. The van der Waals surface area contributed by atoms with Crippen molar-refractivity contribution >= 4 is 31.1 Å². The number of hydrogen-bond donors (Lipinski definition) is 0. The summed E-state index contributed by atoms with van der Waals surface area (Å²) in [5, 5.41) is 5.52. The van der Waals surface area contributed by atoms with Gasteiger partial charge in [-0.15, -0.1) is 69.1 Å². The first kappa shape index (κ1) is 39.6. The maximum absolute atomic E-state index is 2.40. The fraction of sp³-hybridized carbons (Fsp3) is 0.348. The van der Waals surface area contributed by atoms with E-state index in [2.05, 4.69) is 167 Å². The molecule has 0 nitrogen and oxygen atoms in total. The Hall–Kier alpha value is -2.80. The minimum Gasteiger partial charge on any atom is -0.164 e. The largest absolute Gasteiger partial charge is 2.00 e. The van der Waals surface area contributed by atoms with E-state index in [1.807, 2.05) is 0 Å². The van der Waals surface area contributed by atoms with E-state index < -0.39 is 0 Å². The van der Waals surface area contributed by atoms with Crippen LogP contribution in [0.2, 0.25) is 13.1 Å². The number of hydrogen-bond acceptors (Lipinski definition) is 0. The molecule has 0 amide bonds. The second-order valence-corrected chi connectivity index (χ2v) is 14.7. The second kappa shape index (κ2) is 17.7. The van der Waals surface area contributed by atoms with E-state index >= 15 is 0 Å². The van der Waals surface area contributed by atoms with E-state index in [-0.39, 0.29) is 26.2 Å². The molecule has 2 radical (unpaired) electrons. The molecule has 0 aromatic heterocycles. The Bertz CT molecular complexity index is 1810. The van der Waals surface area contributed by atoms with Crippen molar-refractivity contribution in [3.63, 3.8) is 0 Å². The summed E-state index contributed by atoms with van der Waals surface area (Å²) in [6.07, 6.45) is 2.38. The summed E-state index contributed by atoms with van der Waals surface area (Å²) in [5.74, 6) is 1.25. The van der Waals surface area contributed by atoms with Crippen LogP contribution in [0.25, 0.3) is 43.8 Å². The van der Waals surface area contributed by atoms with Crippen LogP contribution in [0, 0.1) is 41.5 Å². The Morgan fingerprint density at radius 3 is 1.21 bits per heavy atom. The van der Waals surface area contributed by atoms with Crippen molar-refractivity contribution in [3.8, 4) is 22.3 Å². The summed E-state index contributed by atoms with van der Waals surface area (Å²) < 4.78 is 0. The van der Waals surface area contributed by atoms with Gasteiger partial charge in [0.05, 0.1) is 0 Å². The van der Waals surface area contributed by atoms with Gasteiger partial charge in [-0.05, 0) is 97.9 Å². The molecule has 2 heteroatoms. The van der Waals surface area contributed by atoms with Crippen molar-refractivity contribution in [2.24, 2.45) is 0 Å². The summed E-state index contributed by atoms with van der Waals surface area (Å²) in [7, 11) is 1.08. The number of aryl methyl sites for hydroxylation is 2. The molecule has 6 aromatic rings. The molecule has 0 bridgehead atoms. The molecule has 248 valence electrons. The normalized spacial score (nSPS) is 12.1. The third kappa shape index (κ3) is 8.49. The molecule has 0 fully saturated rings. The van der Waals surface area contributed by atoms with Gasteiger partial charge in [-0.2, -0.15) is 12.1 Å². The van der Waals surface area contributed by atoms with Gasteiger partial charge in [0.1, 0.15) is 0 Å². The summed E-state index contributed by atoms with van der Waals surface area (Å²) in [6, 6.07) is 31.9. The summed E-state index contributed by atoms with van der Waals surface area (Å²) in [4.78, 5) is 0. The summed E-state index contributed by atoms with van der Waals surface area (Å²) >= 11 is 0. The van der Waals surface area contributed by atoms with Crippen LogP contribution in [-0.4, -0.2) is 9.52 Å². The van der Waals surface area contributed by atoms with Crippen molar-refractivity contribution in [2.75, 3.05) is 0 Å². The molecule has 0 saturated carbocycles. The van der Waals surface area contributed by atoms with Crippen molar-refractivity contribution in [1.29, 1.82) is 0 Å². The van der Waals surface area contributed by atoms with Gasteiger partial charge < -0.3 is 0 Å². The Labute approximate surface area is 314 Å². The molecule has 0 aliphatic rings. The molecule has 48 heavy (non-hydrogen) atoms. The van der Waals surface area contributed by atoms with Crippen LogP contribution in [-0.2, 0) is 26.2 Å². The zero-order chi connectivity index (χ0) is 34.4. The quantitative estimate of drug-likeness (QED) is 0.118. The van der Waals surface area contributed by atoms with Gasteiger partial charge in [0.15, 0.2) is 0 Å². The molecule has 2 unspecified atom stereocenters. The molecule has 0 aliphatic carbocycles. The van der Waals surface area contributed by atoms with E-state index in [4.69, 9.17) is 0 Å². The van der Waals surface area contributed by atoms with Crippen LogP contribution >= 0.6 is 0 Å². The monoisotopic (exact) mass is 726 g/mol. The Morgan fingerprint density at radius 2 is 0.875 bits per heavy atom. The van der Waals surface area contributed by atoms with Gasteiger partial charge in [-0.25, -0.2) is 0 Å². The molecule has 2 atom stereocenters. The van der Waals surface area contributed by atoms with Gasteiger partial charge >= 0.3 is 26.2 Å². The first-order chi connectivity index (χ1) is 22.5. The summed E-state index contributed by atoms with van der Waals surface area (Å²) in [5.41, 5.74) is 16.8. The van der Waals surface area contributed by atoms with Gasteiger partial charge in [0.2, 0.25) is 0 Å². The van der Waals surface area contributed by atoms with E-state index in [1.54, 1.807) is 0 Å². The van der Waals surface area contributed by atoms with Gasteiger partial charge in [-0.3, -0.25) is 0 Å². The van der Waals surface area contributed by atoms with Crippen LogP contribution in [0.3, 0.4) is 0 Å². The van der Waals surface area contributed by atoms with Crippen LogP contribution in [0.15, 0.2) is 84.9 Å². The minimum atomic E-state index is 0. The Kier molecular flexibility index (Phi) is 14.6. The Morgan fingerprint density at radius 1 is 0.521 bits per heavy atom. The molecule has 0 aliphatic heterocycles. The summed E-state index contributed by atoms with van der Waals surface area (Å²) in [6.45, 7) is 26.8. The van der Waals surface area contributed by atoms with Crippen molar-refractivity contribution in [2.45, 2.75) is 107 Å². The fourth-order valence-corrected chi connectivity index (χ4v) is 6.52. The number of fused-ring (bicyclic) bond motifs is 2. The minimum absolute atomic E-state index is 0. The van der Waals surface area contributed by atoms with E-state index in [9.17, 15) is 0 Å². The van der Waals surface area contributed by atoms with Crippen LogP contribution in [0.5, 0.6) is 0 Å². The first-order valence-corrected chi connectivity index (χ1v) is 19.6. The predicted octanol–water partition coefficient (Wildman–Crippen LogP) is 14.1. The zero-order valence-corrected chi connectivity index (χ0v) is 35.1. The van der Waals surface area contributed by atoms with E-state index in [1.165, 1.54) is 101 Å². The topological polar surface area (TPSA) is 0 Å². The average Bonchev–Trinajstić information content (AvgIpc) is 3.72. The molecule has 6 rings (SSSR count). The van der Waals surface area contributed by atoms with Crippen LogP contribution < -0.4 is 0 Å². The molecule has 0 spiro atoms. The molecule has 0 N–H and O–H groups in total. The predicted molar refractivity (Wildman–Crippen MR) is 213 cm³/mol. The third-order valence-electron chi connectivity index (χ3n) is 10.6. The standard InChI is InChI=1S/2C22H25.C2H6Si.Zr/c2*1-6-14(2)19-12-18-8-7-9-21(22(18)13-19)20-11-10-15(3)16(4)17(20)5;1-3-2;/h2*7-14H,6H2,1-5H3;1-2H3;/q2*-1;;+2. The van der Waals surface area contributed by atoms with E-state index in [0.717, 1.165) is 9.52 Å². The number of benzene rings is 4. The van der Waals surface area contributed by atoms with Gasteiger partial charge in [0, 0.05) is 9.52 Å². The first-order valence-electron chi connectivity index (χ1n) is 17.6. The number of rotatable bonds is 6. The average molecular weight is 728 g/mol. The van der Waals surface area contributed by atoms with Crippen LogP contribution in [0.4, 0.5) is 0 Å². The van der Waals surface area contributed by atoms with Crippen molar-refractivity contribution < 1.29 is 26.2 Å². The van der Waals surface area contributed by atoms with Gasteiger partial charge in [-0.1, -0.05) is 101 Å². The molecular weight excluding hydrogens is 672 g/mol. The second-order valence-electron chi connectivity index (χ2n) is 13.7. The van der Waals surface area contributed by atoms with Gasteiger partial charge in [0.25, 0.3) is 0 Å². The Balaban J connectivity index is 0.000000236. The smallest absolute Gasteiger partial charge is 0.164 e. The third-order valence-corrected chi connectivity index (χ3v) is 10.6.